The third-order valence-corrected chi connectivity index (χ3v) is 1.88. The molecule has 0 aromatic carbocycles. The summed E-state index contributed by atoms with van der Waals surface area (Å²) in [6, 6.07) is 0. The van der Waals surface area contributed by atoms with Crippen LogP contribution < -0.4 is 0 Å². The van der Waals surface area contributed by atoms with Crippen molar-refractivity contribution in [1.29, 1.82) is 0 Å². The minimum atomic E-state index is -4.47. The Morgan fingerprint density at radius 2 is 1.91 bits per heavy atom. The minimum Gasteiger partial charge on any atom is -0.383 e. The van der Waals surface area contributed by atoms with E-state index in [-0.39, 0.29) is 0 Å². The van der Waals surface area contributed by atoms with E-state index in [4.69, 9.17) is 5.11 Å². The second-order valence-corrected chi connectivity index (χ2v) is 2.90. The normalized spacial score (nSPS) is 23.1. The van der Waals surface area contributed by atoms with E-state index in [0.717, 1.165) is 5.57 Å². The molecule has 0 saturated heterocycles. The van der Waals surface area contributed by atoms with E-state index in [1.807, 2.05) is 0 Å². The summed E-state index contributed by atoms with van der Waals surface area (Å²) in [7, 11) is 0. The van der Waals surface area contributed by atoms with Crippen LogP contribution in [0.3, 0.4) is 0 Å². The summed E-state index contributed by atoms with van der Waals surface area (Å²) < 4.78 is 35.3. The largest absolute Gasteiger partial charge is 0.414 e. The van der Waals surface area contributed by atoms with Crippen molar-refractivity contribution in [2.45, 2.75) is 25.1 Å². The summed E-state index contributed by atoms with van der Waals surface area (Å²) in [5, 5.41) is 8.66. The van der Waals surface area contributed by atoms with E-state index in [2.05, 4.69) is 6.58 Å². The molecule has 11 heavy (non-hydrogen) atoms. The molecule has 0 aromatic heterocycles. The van der Waals surface area contributed by atoms with Gasteiger partial charge in [-0.2, -0.15) is 13.2 Å². The lowest BCUT2D eigenvalue weighted by atomic mass is 9.77. The van der Waals surface area contributed by atoms with Gasteiger partial charge in [0.1, 0.15) is 0 Å². The van der Waals surface area contributed by atoms with Gasteiger partial charge in [-0.25, -0.2) is 0 Å². The van der Waals surface area contributed by atoms with Gasteiger partial charge < -0.3 is 5.11 Å². The average molecular weight is 166 g/mol. The molecule has 0 radical (unpaired) electrons. The zero-order valence-corrected chi connectivity index (χ0v) is 5.86. The molecule has 0 amide bonds. The lowest BCUT2D eigenvalue weighted by molar-refractivity contribution is -0.222. The topological polar surface area (TPSA) is 20.2 Å². The van der Waals surface area contributed by atoms with Gasteiger partial charge in [-0.15, -0.1) is 0 Å². The number of allylic oxidation sites excluding steroid dienone is 1. The van der Waals surface area contributed by atoms with Crippen LogP contribution in [0.5, 0.6) is 0 Å². The van der Waals surface area contributed by atoms with E-state index in [1.165, 1.54) is 0 Å². The Kier molecular flexibility index (Phi) is 1.96. The minimum absolute atomic E-state index is 0.306. The highest BCUT2D eigenvalue weighted by Crippen LogP contribution is 2.39. The smallest absolute Gasteiger partial charge is 0.383 e. The number of aliphatic hydroxyl groups excluding tert-OH is 1. The number of halogens is 3. The van der Waals surface area contributed by atoms with Gasteiger partial charge in [0.15, 0.2) is 6.10 Å². The standard InChI is InChI=1S/C7H9F3O/c1-4-2-5(3-4)6(11)7(8,9)10/h5-6,11H,1-3H2. The van der Waals surface area contributed by atoms with E-state index in [9.17, 15) is 13.2 Å². The average Bonchev–Trinajstić information content (AvgIpc) is 1.77. The molecular weight excluding hydrogens is 157 g/mol. The van der Waals surface area contributed by atoms with Gasteiger partial charge in [0.25, 0.3) is 0 Å². The summed E-state index contributed by atoms with van der Waals surface area (Å²) in [5.74, 6) is -0.650. The van der Waals surface area contributed by atoms with Crippen molar-refractivity contribution < 1.29 is 18.3 Å². The van der Waals surface area contributed by atoms with Gasteiger partial charge in [-0.3, -0.25) is 0 Å². The molecule has 4 heteroatoms. The van der Waals surface area contributed by atoms with Crippen molar-refractivity contribution in [3.63, 3.8) is 0 Å². The van der Waals surface area contributed by atoms with Crippen molar-refractivity contribution in [1.82, 2.24) is 0 Å². The molecule has 0 heterocycles. The summed E-state index contributed by atoms with van der Waals surface area (Å²) in [4.78, 5) is 0. The van der Waals surface area contributed by atoms with Gasteiger partial charge in [0.2, 0.25) is 0 Å². The molecule has 0 aliphatic heterocycles. The van der Waals surface area contributed by atoms with Gasteiger partial charge in [-0.1, -0.05) is 12.2 Å². The highest BCUT2D eigenvalue weighted by Gasteiger charge is 2.46. The molecule has 1 fully saturated rings. The third-order valence-electron chi connectivity index (χ3n) is 1.88. The SMILES string of the molecule is C=C1CC(C(O)C(F)(F)F)C1. The maximum atomic E-state index is 11.8. The zero-order valence-electron chi connectivity index (χ0n) is 5.86. The summed E-state index contributed by atoms with van der Waals surface area (Å²) in [6.07, 6.45) is -6.01. The molecule has 1 rings (SSSR count). The van der Waals surface area contributed by atoms with Crippen LogP contribution in [0, 0.1) is 5.92 Å². The van der Waals surface area contributed by atoms with Gasteiger partial charge in [0, 0.05) is 5.92 Å². The van der Waals surface area contributed by atoms with E-state index >= 15 is 0 Å². The molecule has 0 bridgehead atoms. The predicted molar refractivity (Wildman–Crippen MR) is 33.9 cm³/mol. The fourth-order valence-corrected chi connectivity index (χ4v) is 1.17. The Labute approximate surface area is 62.5 Å². The first-order chi connectivity index (χ1) is 4.91. The van der Waals surface area contributed by atoms with Crippen LogP contribution in [0.25, 0.3) is 0 Å². The molecule has 1 unspecified atom stereocenters. The van der Waals surface area contributed by atoms with Gasteiger partial charge in [0.05, 0.1) is 0 Å². The molecule has 1 nitrogen and oxygen atoms in total. The fourth-order valence-electron chi connectivity index (χ4n) is 1.17. The van der Waals surface area contributed by atoms with Crippen LogP contribution in [-0.2, 0) is 0 Å². The maximum absolute atomic E-state index is 11.8. The first-order valence-electron chi connectivity index (χ1n) is 3.32. The van der Waals surface area contributed by atoms with Crippen LogP contribution in [0.4, 0.5) is 13.2 Å². The number of rotatable bonds is 1. The second kappa shape index (κ2) is 2.52. The number of aliphatic hydroxyl groups is 1. The molecule has 64 valence electrons. The van der Waals surface area contributed by atoms with E-state index in [0.29, 0.717) is 12.8 Å². The Hall–Kier alpha value is -0.510. The predicted octanol–water partition coefficient (Wildman–Crippen LogP) is 1.88. The first-order valence-corrected chi connectivity index (χ1v) is 3.32. The number of hydrogen-bond donors (Lipinski definition) is 1. The Morgan fingerprint density at radius 1 is 1.45 bits per heavy atom. The van der Waals surface area contributed by atoms with Crippen molar-refractivity contribution in [2.24, 2.45) is 5.92 Å². The van der Waals surface area contributed by atoms with Crippen LogP contribution in [0.2, 0.25) is 0 Å². The lowest BCUT2D eigenvalue weighted by Gasteiger charge is -2.33. The summed E-state index contributed by atoms with van der Waals surface area (Å²) in [6.45, 7) is 3.50. The van der Waals surface area contributed by atoms with Crippen LogP contribution in [0.15, 0.2) is 12.2 Å². The van der Waals surface area contributed by atoms with Crippen molar-refractivity contribution in [3.05, 3.63) is 12.2 Å². The fraction of sp³-hybridized carbons (Fsp3) is 0.714. The summed E-state index contributed by atoms with van der Waals surface area (Å²) >= 11 is 0. The lowest BCUT2D eigenvalue weighted by Crippen LogP contribution is -2.39. The Bertz CT molecular complexity index is 165. The molecule has 0 aromatic rings. The number of alkyl halides is 3. The highest BCUT2D eigenvalue weighted by atomic mass is 19.4. The van der Waals surface area contributed by atoms with E-state index in [1.54, 1.807) is 0 Å². The molecule has 1 atom stereocenters. The van der Waals surface area contributed by atoms with Crippen LogP contribution in [0.1, 0.15) is 12.8 Å². The third kappa shape index (κ3) is 1.74. The molecule has 1 saturated carbocycles. The van der Waals surface area contributed by atoms with Crippen molar-refractivity contribution in [3.8, 4) is 0 Å². The molecule has 0 spiro atoms. The van der Waals surface area contributed by atoms with E-state index < -0.39 is 18.2 Å². The van der Waals surface area contributed by atoms with Crippen molar-refractivity contribution >= 4 is 0 Å². The Balaban J connectivity index is 2.43. The van der Waals surface area contributed by atoms with Crippen LogP contribution >= 0.6 is 0 Å². The summed E-state index contributed by atoms with van der Waals surface area (Å²) in [5.41, 5.74) is 0.790. The number of hydrogen-bond acceptors (Lipinski definition) is 1. The zero-order chi connectivity index (χ0) is 8.65. The van der Waals surface area contributed by atoms with Gasteiger partial charge >= 0.3 is 6.18 Å². The molecule has 1 aliphatic rings. The monoisotopic (exact) mass is 166 g/mol. The molecule has 1 aliphatic carbocycles. The van der Waals surface area contributed by atoms with Crippen LogP contribution in [-0.4, -0.2) is 17.4 Å². The molecule has 1 N–H and O–H groups in total. The van der Waals surface area contributed by atoms with Crippen molar-refractivity contribution in [2.75, 3.05) is 0 Å². The van der Waals surface area contributed by atoms with Gasteiger partial charge in [-0.05, 0) is 12.8 Å². The first kappa shape index (κ1) is 8.59. The molecular formula is C7H9F3O. The quantitative estimate of drug-likeness (QED) is 0.589. The maximum Gasteiger partial charge on any atom is 0.414 e. The second-order valence-electron chi connectivity index (χ2n) is 2.90. The highest BCUT2D eigenvalue weighted by molar-refractivity contribution is 5.10. The Morgan fingerprint density at radius 3 is 2.18 bits per heavy atom.